The van der Waals surface area contributed by atoms with E-state index < -0.39 is 11.8 Å². The van der Waals surface area contributed by atoms with Crippen LogP contribution in [0, 0.1) is 0 Å². The molecule has 6 nitrogen and oxygen atoms in total. The summed E-state index contributed by atoms with van der Waals surface area (Å²) in [5, 5.41) is 11.8. The molecule has 6 heteroatoms. The largest absolute Gasteiger partial charge is 0.514 e. The predicted molar refractivity (Wildman–Crippen MR) is 92.3 cm³/mol. The number of hydrogen-bond donors (Lipinski definition) is 1. The van der Waals surface area contributed by atoms with E-state index in [0.29, 0.717) is 16.2 Å². The van der Waals surface area contributed by atoms with Crippen LogP contribution < -0.4 is 4.74 Å². The number of rotatable bonds is 2. The zero-order valence-electron chi connectivity index (χ0n) is 14.4. The minimum Gasteiger partial charge on any atom is -0.504 e. The highest BCUT2D eigenvalue weighted by molar-refractivity contribution is 6.11. The number of phenolic OH excluding ortho intramolecular Hbond substituents is 1. The zero-order valence-corrected chi connectivity index (χ0v) is 14.4. The van der Waals surface area contributed by atoms with Gasteiger partial charge >= 0.3 is 6.16 Å². The highest BCUT2D eigenvalue weighted by Gasteiger charge is 2.24. The van der Waals surface area contributed by atoms with E-state index in [1.165, 1.54) is 13.0 Å². The number of hydrogen-bond acceptors (Lipinski definition) is 6. The maximum absolute atomic E-state index is 12.1. The van der Waals surface area contributed by atoms with E-state index in [-0.39, 0.29) is 28.6 Å². The average molecular weight is 342 g/mol. The Bertz CT molecular complexity index is 990. The first-order valence-electron chi connectivity index (χ1n) is 7.76. The third-order valence-electron chi connectivity index (χ3n) is 3.54. The first-order valence-corrected chi connectivity index (χ1v) is 7.76. The molecular formula is C19H18O6. The van der Waals surface area contributed by atoms with Crippen LogP contribution in [0.5, 0.6) is 11.5 Å². The molecule has 3 rings (SSSR count). The fourth-order valence-corrected chi connectivity index (χ4v) is 2.53. The predicted octanol–water partition coefficient (Wildman–Crippen LogP) is 4.81. The van der Waals surface area contributed by atoms with Gasteiger partial charge < -0.3 is 19.0 Å². The number of aromatic hydroxyl groups is 1. The molecule has 0 aliphatic heterocycles. The van der Waals surface area contributed by atoms with Crippen molar-refractivity contribution in [2.45, 2.75) is 33.3 Å². The van der Waals surface area contributed by atoms with E-state index >= 15 is 0 Å². The third-order valence-corrected chi connectivity index (χ3v) is 3.54. The number of carbonyl (C=O) groups is 2. The van der Waals surface area contributed by atoms with Gasteiger partial charge in [-0.1, -0.05) is 24.3 Å². The van der Waals surface area contributed by atoms with Crippen molar-refractivity contribution in [1.82, 2.24) is 0 Å². The summed E-state index contributed by atoms with van der Waals surface area (Å²) in [6.45, 7) is 6.53. The lowest BCUT2D eigenvalue weighted by atomic mass is 10.1. The SMILES string of the molecule is CC(=O)c1cc2c(OC(=O)OC(C)(C)C)c3ccccc3c(O)c2o1. The van der Waals surface area contributed by atoms with Crippen molar-refractivity contribution < 1.29 is 28.6 Å². The number of ether oxygens (including phenoxy) is 2. The molecule has 130 valence electrons. The molecule has 3 aromatic rings. The van der Waals surface area contributed by atoms with Gasteiger partial charge in [-0.3, -0.25) is 4.79 Å². The summed E-state index contributed by atoms with van der Waals surface area (Å²) in [4.78, 5) is 23.8. The minimum absolute atomic E-state index is 0.0645. The minimum atomic E-state index is -0.879. The van der Waals surface area contributed by atoms with E-state index in [9.17, 15) is 14.7 Å². The molecule has 0 saturated carbocycles. The molecule has 0 bridgehead atoms. The highest BCUT2D eigenvalue weighted by Crippen LogP contribution is 2.43. The van der Waals surface area contributed by atoms with Gasteiger partial charge in [0.2, 0.25) is 0 Å². The van der Waals surface area contributed by atoms with Crippen LogP contribution in [0.3, 0.4) is 0 Å². The fourth-order valence-electron chi connectivity index (χ4n) is 2.53. The van der Waals surface area contributed by atoms with Crippen LogP contribution in [0.1, 0.15) is 38.2 Å². The number of furan rings is 1. The molecule has 0 saturated heterocycles. The molecule has 1 aromatic heterocycles. The lowest BCUT2D eigenvalue weighted by Crippen LogP contribution is -2.26. The Hall–Kier alpha value is -3.02. The quantitative estimate of drug-likeness (QED) is 0.409. The first kappa shape index (κ1) is 16.8. The third kappa shape index (κ3) is 3.15. The smallest absolute Gasteiger partial charge is 0.504 e. The van der Waals surface area contributed by atoms with Crippen LogP contribution >= 0.6 is 0 Å². The molecule has 0 amide bonds. The Balaban J connectivity index is 2.24. The van der Waals surface area contributed by atoms with Crippen LogP contribution in [-0.4, -0.2) is 22.6 Å². The Morgan fingerprint density at radius 3 is 2.32 bits per heavy atom. The summed E-state index contributed by atoms with van der Waals surface area (Å²) in [6, 6.07) is 8.31. The van der Waals surface area contributed by atoms with Crippen LogP contribution in [0.4, 0.5) is 4.79 Å². The summed E-state index contributed by atoms with van der Waals surface area (Å²) >= 11 is 0. The second kappa shape index (κ2) is 5.81. The number of benzene rings is 2. The van der Waals surface area contributed by atoms with E-state index in [2.05, 4.69) is 0 Å². The monoisotopic (exact) mass is 342 g/mol. The molecule has 0 unspecified atom stereocenters. The second-order valence-corrected chi connectivity index (χ2v) is 6.70. The van der Waals surface area contributed by atoms with Crippen molar-refractivity contribution in [2.75, 3.05) is 0 Å². The van der Waals surface area contributed by atoms with Crippen molar-refractivity contribution in [3.63, 3.8) is 0 Å². The summed E-state index contributed by atoms with van der Waals surface area (Å²) in [6.07, 6.45) is -0.879. The number of phenols is 1. The average Bonchev–Trinajstić information content (AvgIpc) is 2.95. The molecule has 25 heavy (non-hydrogen) atoms. The van der Waals surface area contributed by atoms with Crippen molar-refractivity contribution in [3.05, 3.63) is 36.1 Å². The zero-order chi connectivity index (χ0) is 18.4. The second-order valence-electron chi connectivity index (χ2n) is 6.70. The van der Waals surface area contributed by atoms with Crippen LogP contribution in [0.2, 0.25) is 0 Å². The van der Waals surface area contributed by atoms with Gasteiger partial charge in [-0.15, -0.1) is 0 Å². The number of carbonyl (C=O) groups excluding carboxylic acids is 2. The van der Waals surface area contributed by atoms with Gasteiger partial charge in [0.05, 0.1) is 5.39 Å². The van der Waals surface area contributed by atoms with Crippen LogP contribution in [0.25, 0.3) is 21.7 Å². The molecule has 0 radical (unpaired) electrons. The molecule has 0 atom stereocenters. The number of ketones is 1. The van der Waals surface area contributed by atoms with Crippen molar-refractivity contribution >= 4 is 33.7 Å². The lowest BCUT2D eigenvalue weighted by Gasteiger charge is -2.19. The van der Waals surface area contributed by atoms with E-state index in [1.807, 2.05) is 0 Å². The summed E-state index contributed by atoms with van der Waals surface area (Å²) in [5.41, 5.74) is -0.633. The summed E-state index contributed by atoms with van der Waals surface area (Å²) < 4.78 is 16.1. The topological polar surface area (TPSA) is 86.0 Å². The van der Waals surface area contributed by atoms with Gasteiger partial charge in [0.15, 0.2) is 28.6 Å². The first-order chi connectivity index (χ1) is 11.7. The molecule has 0 aliphatic rings. The van der Waals surface area contributed by atoms with E-state index in [1.54, 1.807) is 45.0 Å². The molecule has 1 N–H and O–H groups in total. The van der Waals surface area contributed by atoms with Gasteiger partial charge in [0.25, 0.3) is 0 Å². The lowest BCUT2D eigenvalue weighted by molar-refractivity contribution is 0.0212. The maximum atomic E-state index is 12.1. The van der Waals surface area contributed by atoms with Gasteiger partial charge in [-0.2, -0.15) is 0 Å². The van der Waals surface area contributed by atoms with E-state index in [4.69, 9.17) is 13.9 Å². The Morgan fingerprint density at radius 2 is 1.72 bits per heavy atom. The number of fused-ring (bicyclic) bond motifs is 2. The van der Waals surface area contributed by atoms with Crippen molar-refractivity contribution in [3.8, 4) is 11.5 Å². The van der Waals surface area contributed by atoms with Gasteiger partial charge in [0, 0.05) is 17.7 Å². The van der Waals surface area contributed by atoms with Gasteiger partial charge in [0.1, 0.15) is 5.60 Å². The Kier molecular flexibility index (Phi) is 3.91. The highest BCUT2D eigenvalue weighted by atomic mass is 16.7. The summed E-state index contributed by atoms with van der Waals surface area (Å²) in [5.74, 6) is -0.180. The van der Waals surface area contributed by atoms with E-state index in [0.717, 1.165) is 0 Å². The maximum Gasteiger partial charge on any atom is 0.514 e. The molecule has 0 fully saturated rings. The van der Waals surface area contributed by atoms with Gasteiger partial charge in [-0.25, -0.2) is 4.79 Å². The standard InChI is InChI=1S/C19H18O6/c1-10(20)14-9-13-16(24-18(22)25-19(2,3)4)12-8-6-5-7-11(12)15(21)17(13)23-14/h5-9,21H,1-4H3. The van der Waals surface area contributed by atoms with Crippen LogP contribution in [0.15, 0.2) is 34.7 Å². The van der Waals surface area contributed by atoms with Crippen molar-refractivity contribution in [1.29, 1.82) is 0 Å². The van der Waals surface area contributed by atoms with Crippen molar-refractivity contribution in [2.24, 2.45) is 0 Å². The molecule has 2 aromatic carbocycles. The molecular weight excluding hydrogens is 324 g/mol. The molecule has 0 aliphatic carbocycles. The fraction of sp³-hybridized carbons (Fsp3) is 0.263. The molecule has 0 spiro atoms. The summed E-state index contributed by atoms with van der Waals surface area (Å²) in [7, 11) is 0. The Morgan fingerprint density at radius 1 is 1.08 bits per heavy atom. The van der Waals surface area contributed by atoms with Gasteiger partial charge in [-0.05, 0) is 26.8 Å². The van der Waals surface area contributed by atoms with Crippen LogP contribution in [-0.2, 0) is 4.74 Å². The normalized spacial score (nSPS) is 11.7. The Labute approximate surface area is 143 Å². The number of Topliss-reactive ketones (excluding diaryl/α,β-unsaturated/α-hetero) is 1. The molecule has 1 heterocycles.